The molecule has 0 amide bonds. The Bertz CT molecular complexity index is 5600. The SMILES string of the molecule is CC(C)c1ccc(-n2c3ccccc3c3cc(-c4ccc5c(c4)c4ccccc4n5-c4ccc(C(C)C)cc4)ccc32)cc1.c1ccc(-n2c3ccccc3c3cc(-c4cc5c6ccccc6n(-c6ccccc6)c5c5c4[se]c4ccccc45)ccc32)cc1. The predicted molar refractivity (Wildman–Crippen MR) is 381 cm³/mol. The fraction of sp³-hybridized carbons (Fsp3) is 0.0714. The van der Waals surface area contributed by atoms with Crippen LogP contribution in [-0.4, -0.2) is 32.8 Å². The van der Waals surface area contributed by atoms with Gasteiger partial charge in [0, 0.05) is 32.9 Å². The van der Waals surface area contributed by atoms with E-state index in [0.29, 0.717) is 11.8 Å². The van der Waals surface area contributed by atoms with Gasteiger partial charge in [-0.2, -0.15) is 0 Å². The molecule has 0 atom stereocenters. The van der Waals surface area contributed by atoms with Gasteiger partial charge in [-0.1, -0.05) is 100 Å². The van der Waals surface area contributed by atoms with Crippen LogP contribution < -0.4 is 0 Å². The number of fused-ring (bicyclic) bond motifs is 16. The van der Waals surface area contributed by atoms with Crippen LogP contribution in [0.1, 0.15) is 50.7 Å². The number of para-hydroxylation sites is 6. The van der Waals surface area contributed by atoms with Crippen molar-refractivity contribution in [3.63, 3.8) is 0 Å². The number of hydrogen-bond donors (Lipinski definition) is 0. The number of benzene rings is 13. The molecular weight excluding hydrogens is 1140 g/mol. The summed E-state index contributed by atoms with van der Waals surface area (Å²) < 4.78 is 12.6. The molecule has 18 rings (SSSR count). The Kier molecular flexibility index (Phi) is 12.6. The first kappa shape index (κ1) is 52.9. The summed E-state index contributed by atoms with van der Waals surface area (Å²) in [6.07, 6.45) is 0. The minimum atomic E-state index is 0.195. The van der Waals surface area contributed by atoms with E-state index in [9.17, 15) is 0 Å². The first-order valence-corrected chi connectivity index (χ1v) is 32.8. The van der Waals surface area contributed by atoms with Crippen LogP contribution in [0.3, 0.4) is 0 Å². The van der Waals surface area contributed by atoms with Crippen LogP contribution in [0.5, 0.6) is 0 Å². The summed E-state index contributed by atoms with van der Waals surface area (Å²) in [5.74, 6) is 1.03. The zero-order chi connectivity index (χ0) is 59.4. The van der Waals surface area contributed by atoms with E-state index in [4.69, 9.17) is 0 Å². The second-order valence-corrected chi connectivity index (χ2v) is 26.6. The molecule has 0 aliphatic heterocycles. The third-order valence-electron chi connectivity index (χ3n) is 18.6. The van der Waals surface area contributed by atoms with E-state index in [-0.39, 0.29) is 14.5 Å². The van der Waals surface area contributed by atoms with Gasteiger partial charge in [0.1, 0.15) is 0 Å². The van der Waals surface area contributed by atoms with E-state index < -0.39 is 0 Å². The average Bonchev–Trinajstić information content (AvgIpc) is 1.58. The van der Waals surface area contributed by atoms with Crippen molar-refractivity contribution in [2.75, 3.05) is 0 Å². The van der Waals surface area contributed by atoms with Gasteiger partial charge in [0.25, 0.3) is 0 Å². The summed E-state index contributed by atoms with van der Waals surface area (Å²) in [4.78, 5) is 0. The van der Waals surface area contributed by atoms with Gasteiger partial charge in [-0.3, -0.25) is 0 Å². The molecule has 0 aliphatic carbocycles. The van der Waals surface area contributed by atoms with Crippen molar-refractivity contribution < 1.29 is 0 Å². The quantitative estimate of drug-likeness (QED) is 0.135. The van der Waals surface area contributed by atoms with Crippen LogP contribution in [0, 0.1) is 0 Å². The van der Waals surface area contributed by atoms with E-state index in [1.807, 2.05) is 0 Å². The third kappa shape index (κ3) is 8.56. The van der Waals surface area contributed by atoms with Crippen molar-refractivity contribution >= 4 is 121 Å². The fourth-order valence-electron chi connectivity index (χ4n) is 14.3. The predicted octanol–water partition coefficient (Wildman–Crippen LogP) is 22.7. The molecule has 0 fully saturated rings. The Morgan fingerprint density at radius 3 is 1.04 bits per heavy atom. The van der Waals surface area contributed by atoms with Crippen molar-refractivity contribution in [1.82, 2.24) is 18.3 Å². The molecule has 0 bridgehead atoms. The molecule has 13 aromatic carbocycles. The van der Waals surface area contributed by atoms with E-state index in [1.165, 1.54) is 163 Å². The van der Waals surface area contributed by atoms with Crippen molar-refractivity contribution in [2.45, 2.75) is 39.5 Å². The standard InChI is InChI=1S/C42H26N2Se.C42H36N2/c1-3-13-28(14-4-1)43-36-20-10-7-17-30(36)34-25-27(23-24-38(34)43)33-26-35-31-18-8-11-21-37(31)44(29-15-5-2-6-16-29)41(35)40-32-19-9-12-22-39(32)45-42(33)40;1-27(2)29-13-19-33(20-14-29)43-39-11-7-5-9-35(39)37-25-31(17-23-41(37)43)32-18-24-42-38(26-32)36-10-6-8-12-40(36)44(42)34-21-15-30(16-22-34)28(3)4/h1-26H;5-28H,1-4H3. The van der Waals surface area contributed by atoms with Gasteiger partial charge in [-0.25, -0.2) is 0 Å². The van der Waals surface area contributed by atoms with E-state index in [0.717, 1.165) is 0 Å². The number of aromatic nitrogens is 4. The minimum absolute atomic E-state index is 0.195. The zero-order valence-electron chi connectivity index (χ0n) is 50.1. The zero-order valence-corrected chi connectivity index (χ0v) is 51.8. The van der Waals surface area contributed by atoms with Gasteiger partial charge in [0.05, 0.1) is 22.1 Å². The van der Waals surface area contributed by atoms with E-state index >= 15 is 0 Å². The molecule has 5 aromatic heterocycles. The van der Waals surface area contributed by atoms with Gasteiger partial charge in [-0.15, -0.1) is 0 Å². The number of nitrogens with zero attached hydrogens (tertiary/aromatic N) is 4. The summed E-state index contributed by atoms with van der Waals surface area (Å²) in [5, 5.41) is 13.0. The van der Waals surface area contributed by atoms with E-state index in [1.54, 1.807) is 0 Å². The van der Waals surface area contributed by atoms with E-state index in [2.05, 4.69) is 337 Å². The summed E-state index contributed by atoms with van der Waals surface area (Å²) in [5.41, 5.74) is 22.6. The molecule has 0 aliphatic rings. The molecular formula is C84H62N4Se. The van der Waals surface area contributed by atoms with Crippen LogP contribution in [0.2, 0.25) is 0 Å². The third-order valence-corrected chi connectivity index (χ3v) is 21.1. The molecule has 0 spiro atoms. The molecule has 89 heavy (non-hydrogen) atoms. The first-order chi connectivity index (χ1) is 43.8. The summed E-state index contributed by atoms with van der Waals surface area (Å²) in [7, 11) is 0. The van der Waals surface area contributed by atoms with Crippen molar-refractivity contribution in [2.24, 2.45) is 0 Å². The van der Waals surface area contributed by atoms with Crippen molar-refractivity contribution in [1.29, 1.82) is 0 Å². The Balaban J connectivity index is 0.000000138. The van der Waals surface area contributed by atoms with Crippen LogP contribution in [0.25, 0.3) is 152 Å². The fourth-order valence-corrected chi connectivity index (χ4v) is 16.9. The molecule has 0 unspecified atom stereocenters. The van der Waals surface area contributed by atoms with Gasteiger partial charge >= 0.3 is 267 Å². The monoisotopic (exact) mass is 1210 g/mol. The molecule has 0 saturated carbocycles. The van der Waals surface area contributed by atoms with Crippen LogP contribution in [0.15, 0.2) is 291 Å². The second-order valence-electron chi connectivity index (χ2n) is 24.4. The maximum absolute atomic E-state index is 2.49. The first-order valence-electron chi connectivity index (χ1n) is 31.1. The molecule has 0 N–H and O–H groups in total. The molecule has 18 aromatic rings. The second kappa shape index (κ2) is 21.2. The number of hydrogen-bond acceptors (Lipinski definition) is 0. The Morgan fingerprint density at radius 1 is 0.258 bits per heavy atom. The van der Waals surface area contributed by atoms with Gasteiger partial charge < -0.3 is 9.13 Å². The Hall–Kier alpha value is -10.4. The van der Waals surface area contributed by atoms with Crippen LogP contribution >= 0.6 is 0 Å². The topological polar surface area (TPSA) is 19.7 Å². The summed E-state index contributed by atoms with van der Waals surface area (Å²) in [6.45, 7) is 8.98. The summed E-state index contributed by atoms with van der Waals surface area (Å²) >= 11 is 0.195. The molecule has 4 nitrogen and oxygen atoms in total. The van der Waals surface area contributed by atoms with Crippen LogP contribution in [-0.2, 0) is 0 Å². The normalized spacial score (nSPS) is 12.0. The average molecular weight is 1210 g/mol. The number of rotatable bonds is 8. The maximum atomic E-state index is 2.49. The molecule has 5 heterocycles. The molecule has 424 valence electrons. The van der Waals surface area contributed by atoms with Gasteiger partial charge in [0.2, 0.25) is 0 Å². The molecule has 0 radical (unpaired) electrons. The van der Waals surface area contributed by atoms with Crippen molar-refractivity contribution in [3.8, 4) is 45.0 Å². The Morgan fingerprint density at radius 2 is 0.596 bits per heavy atom. The summed E-state index contributed by atoms with van der Waals surface area (Å²) in [6, 6.07) is 107. The molecule has 0 saturated heterocycles. The Labute approximate surface area is 522 Å². The van der Waals surface area contributed by atoms with Gasteiger partial charge in [-0.05, 0) is 94.8 Å². The van der Waals surface area contributed by atoms with Crippen molar-refractivity contribution in [3.05, 3.63) is 302 Å². The molecule has 5 heteroatoms. The van der Waals surface area contributed by atoms with Gasteiger partial charge in [0.15, 0.2) is 0 Å². The van der Waals surface area contributed by atoms with Crippen LogP contribution in [0.4, 0.5) is 0 Å².